The third-order valence-corrected chi connectivity index (χ3v) is 4.46. The van der Waals surface area contributed by atoms with Crippen molar-refractivity contribution in [3.63, 3.8) is 0 Å². The summed E-state index contributed by atoms with van der Waals surface area (Å²) < 4.78 is 5.85. The maximum Gasteiger partial charge on any atom is 0.124 e. The highest BCUT2D eigenvalue weighted by Crippen LogP contribution is 2.29. The van der Waals surface area contributed by atoms with E-state index in [0.29, 0.717) is 23.6 Å². The second-order valence-corrected chi connectivity index (χ2v) is 6.33. The minimum Gasteiger partial charge on any atom is -0.507 e. The molecule has 24 heavy (non-hydrogen) atoms. The molecular weight excluding hydrogens is 304 g/mol. The second kappa shape index (κ2) is 7.49. The van der Waals surface area contributed by atoms with Crippen molar-refractivity contribution >= 4 is 5.70 Å². The Morgan fingerprint density at radius 3 is 2.42 bits per heavy atom. The Balaban J connectivity index is 2.19. The third-order valence-electron chi connectivity index (χ3n) is 4.46. The summed E-state index contributed by atoms with van der Waals surface area (Å²) in [6.45, 7) is 6.42. The molecule has 1 aromatic rings. The highest BCUT2D eigenvalue weighted by Gasteiger charge is 2.31. The van der Waals surface area contributed by atoms with Crippen molar-refractivity contribution in [2.45, 2.75) is 32.3 Å². The van der Waals surface area contributed by atoms with Gasteiger partial charge in [-0.3, -0.25) is 0 Å². The summed E-state index contributed by atoms with van der Waals surface area (Å²) >= 11 is 0. The van der Waals surface area contributed by atoms with Crippen LogP contribution in [0.5, 0.6) is 5.75 Å². The van der Waals surface area contributed by atoms with Gasteiger partial charge in [-0.1, -0.05) is 12.1 Å². The molecule has 1 fully saturated rings. The van der Waals surface area contributed by atoms with E-state index in [4.69, 9.17) is 21.9 Å². The van der Waals surface area contributed by atoms with E-state index in [1.165, 1.54) is 0 Å². The molecule has 6 nitrogen and oxygen atoms in total. The summed E-state index contributed by atoms with van der Waals surface area (Å²) in [4.78, 5) is 2.11. The molecule has 1 aliphatic heterocycles. The summed E-state index contributed by atoms with van der Waals surface area (Å²) in [5.74, 6) is 0.345. The molecule has 2 rings (SSSR count). The van der Waals surface area contributed by atoms with Crippen LogP contribution in [0.4, 0.5) is 0 Å². The summed E-state index contributed by atoms with van der Waals surface area (Å²) in [6, 6.07) is 6.92. The fourth-order valence-electron chi connectivity index (χ4n) is 3.01. The molecule has 132 valence electrons. The Morgan fingerprint density at radius 1 is 1.25 bits per heavy atom. The topological polar surface area (TPSA) is 111 Å². The Hall–Kier alpha value is -2.34. The van der Waals surface area contributed by atoms with Gasteiger partial charge in [0.1, 0.15) is 11.6 Å². The SMILES string of the molecule is CCOC1(C)CCN(C(/C=C(\N)c2ccccc2O)=C(N)N)CC1. The first-order chi connectivity index (χ1) is 11.4. The summed E-state index contributed by atoms with van der Waals surface area (Å²) in [5.41, 5.74) is 19.5. The maximum absolute atomic E-state index is 9.94. The lowest BCUT2D eigenvalue weighted by molar-refractivity contribution is -0.0608. The molecule has 0 unspecified atom stereocenters. The van der Waals surface area contributed by atoms with Crippen molar-refractivity contribution in [3.05, 3.63) is 47.4 Å². The number of likely N-dealkylation sites (tertiary alicyclic amines) is 1. The Morgan fingerprint density at radius 2 is 1.88 bits per heavy atom. The lowest BCUT2D eigenvalue weighted by Crippen LogP contribution is -2.44. The molecule has 7 N–H and O–H groups in total. The maximum atomic E-state index is 9.94. The molecule has 0 radical (unpaired) electrons. The van der Waals surface area contributed by atoms with E-state index in [9.17, 15) is 5.11 Å². The number of ether oxygens (including phenoxy) is 1. The van der Waals surface area contributed by atoms with Crippen LogP contribution < -0.4 is 17.2 Å². The molecular formula is C18H28N4O2. The molecule has 1 saturated heterocycles. The van der Waals surface area contributed by atoms with Crippen LogP contribution >= 0.6 is 0 Å². The number of para-hydroxylation sites is 1. The van der Waals surface area contributed by atoms with Gasteiger partial charge in [-0.25, -0.2) is 0 Å². The van der Waals surface area contributed by atoms with Gasteiger partial charge >= 0.3 is 0 Å². The third kappa shape index (κ3) is 4.14. The molecule has 1 heterocycles. The standard InChI is InChI=1S/C18H28N4O2/c1-3-24-18(2)8-10-22(11-9-18)15(17(20)21)12-14(19)13-6-4-5-7-16(13)23/h4-7,12,23H,3,8-11,19-21H2,1-2H3/b14-12-. The van der Waals surface area contributed by atoms with Crippen LogP contribution in [-0.2, 0) is 4.74 Å². The van der Waals surface area contributed by atoms with Gasteiger partial charge in [-0.2, -0.15) is 0 Å². The highest BCUT2D eigenvalue weighted by molar-refractivity contribution is 5.69. The van der Waals surface area contributed by atoms with Crippen LogP contribution in [0.25, 0.3) is 5.70 Å². The summed E-state index contributed by atoms with van der Waals surface area (Å²) in [7, 11) is 0. The van der Waals surface area contributed by atoms with Gasteiger partial charge in [0.05, 0.1) is 11.3 Å². The summed E-state index contributed by atoms with van der Waals surface area (Å²) in [6.07, 6.45) is 3.51. The number of allylic oxidation sites excluding steroid dienone is 1. The van der Waals surface area contributed by atoms with Crippen molar-refractivity contribution in [1.82, 2.24) is 4.90 Å². The van der Waals surface area contributed by atoms with Gasteiger partial charge in [0.15, 0.2) is 0 Å². The number of phenols is 1. The van der Waals surface area contributed by atoms with Crippen LogP contribution in [0.1, 0.15) is 32.3 Å². The first-order valence-corrected chi connectivity index (χ1v) is 8.26. The van der Waals surface area contributed by atoms with E-state index in [1.54, 1.807) is 24.3 Å². The van der Waals surface area contributed by atoms with Crippen LogP contribution in [0.3, 0.4) is 0 Å². The highest BCUT2D eigenvalue weighted by atomic mass is 16.5. The molecule has 0 aliphatic carbocycles. The van der Waals surface area contributed by atoms with Crippen LogP contribution in [-0.4, -0.2) is 35.3 Å². The number of nitrogens with zero attached hydrogens (tertiary/aromatic N) is 1. The lowest BCUT2D eigenvalue weighted by Gasteiger charge is -2.40. The molecule has 0 bridgehead atoms. The number of hydrogen-bond donors (Lipinski definition) is 4. The average Bonchev–Trinajstić information content (AvgIpc) is 2.54. The predicted octanol–water partition coefficient (Wildman–Crippen LogP) is 1.67. The van der Waals surface area contributed by atoms with Crippen LogP contribution in [0.2, 0.25) is 0 Å². The number of piperidine rings is 1. The van der Waals surface area contributed by atoms with Crippen molar-refractivity contribution < 1.29 is 9.84 Å². The smallest absolute Gasteiger partial charge is 0.124 e. The van der Waals surface area contributed by atoms with Crippen molar-refractivity contribution in [1.29, 1.82) is 0 Å². The van der Waals surface area contributed by atoms with Gasteiger partial charge in [0.25, 0.3) is 0 Å². The second-order valence-electron chi connectivity index (χ2n) is 6.33. The fourth-order valence-corrected chi connectivity index (χ4v) is 3.01. The normalized spacial score (nSPS) is 17.6. The molecule has 0 atom stereocenters. The number of aromatic hydroxyl groups is 1. The average molecular weight is 332 g/mol. The Kier molecular flexibility index (Phi) is 5.62. The van der Waals surface area contributed by atoms with Gasteiger partial charge < -0.3 is 31.9 Å². The number of hydrogen-bond acceptors (Lipinski definition) is 6. The zero-order chi connectivity index (χ0) is 17.7. The lowest BCUT2D eigenvalue weighted by atomic mass is 9.93. The monoisotopic (exact) mass is 332 g/mol. The molecule has 0 saturated carbocycles. The van der Waals surface area contributed by atoms with E-state index in [0.717, 1.165) is 25.9 Å². The van der Waals surface area contributed by atoms with Crippen molar-refractivity contribution in [2.75, 3.05) is 19.7 Å². The Bertz CT molecular complexity index is 628. The quantitative estimate of drug-likeness (QED) is 0.610. The largest absolute Gasteiger partial charge is 0.507 e. The van der Waals surface area contributed by atoms with Crippen LogP contribution in [0, 0.1) is 0 Å². The molecule has 6 heteroatoms. The van der Waals surface area contributed by atoms with E-state index in [1.807, 2.05) is 13.0 Å². The number of phenolic OH excluding ortho intramolecular Hbond substituents is 1. The summed E-state index contributed by atoms with van der Waals surface area (Å²) in [5, 5.41) is 9.94. The molecule has 0 aromatic heterocycles. The predicted molar refractivity (Wildman–Crippen MR) is 96.5 cm³/mol. The van der Waals surface area contributed by atoms with Gasteiger partial charge in [-0.05, 0) is 44.9 Å². The van der Waals surface area contributed by atoms with Crippen molar-refractivity contribution in [2.24, 2.45) is 17.2 Å². The van der Waals surface area contributed by atoms with Gasteiger partial charge in [-0.15, -0.1) is 0 Å². The fraction of sp³-hybridized carbons (Fsp3) is 0.444. The molecule has 0 amide bonds. The number of nitrogens with two attached hydrogens (primary N) is 3. The first-order valence-electron chi connectivity index (χ1n) is 8.26. The van der Waals surface area contributed by atoms with E-state index in [2.05, 4.69) is 11.8 Å². The molecule has 1 aromatic carbocycles. The van der Waals surface area contributed by atoms with E-state index in [-0.39, 0.29) is 17.2 Å². The van der Waals surface area contributed by atoms with E-state index >= 15 is 0 Å². The van der Waals surface area contributed by atoms with E-state index < -0.39 is 0 Å². The van der Waals surface area contributed by atoms with Crippen LogP contribution in [0.15, 0.2) is 41.9 Å². The first kappa shape index (κ1) is 18.0. The Labute approximate surface area is 143 Å². The van der Waals surface area contributed by atoms with Gasteiger partial charge in [0.2, 0.25) is 0 Å². The minimum atomic E-state index is -0.104. The number of benzene rings is 1. The zero-order valence-electron chi connectivity index (χ0n) is 14.5. The van der Waals surface area contributed by atoms with Gasteiger partial charge in [0, 0.05) is 31.0 Å². The van der Waals surface area contributed by atoms with Crippen molar-refractivity contribution in [3.8, 4) is 5.75 Å². The zero-order valence-corrected chi connectivity index (χ0v) is 14.5. The minimum absolute atomic E-state index is 0.104. The molecule has 0 spiro atoms. The molecule has 1 aliphatic rings. The number of rotatable bonds is 5.